The second kappa shape index (κ2) is 8.92. The Labute approximate surface area is 97.4 Å². The van der Waals surface area contributed by atoms with Gasteiger partial charge in [-0.15, -0.1) is 0 Å². The third kappa shape index (κ3) is 4.94. The van der Waals surface area contributed by atoms with Crippen molar-refractivity contribution < 1.29 is 14.3 Å². The summed E-state index contributed by atoms with van der Waals surface area (Å²) in [6.45, 7) is 12.3. The molecule has 0 bridgehead atoms. The van der Waals surface area contributed by atoms with Crippen LogP contribution in [0.3, 0.4) is 0 Å². The molecule has 0 rings (SSSR count). The van der Waals surface area contributed by atoms with Gasteiger partial charge in [0.05, 0.1) is 18.8 Å². The van der Waals surface area contributed by atoms with Gasteiger partial charge in [-0.25, -0.2) is 4.79 Å². The van der Waals surface area contributed by atoms with Crippen LogP contribution in [0.15, 0.2) is 36.5 Å². The number of carbonyl (C=O) groups is 1. The third-order valence-electron chi connectivity index (χ3n) is 1.92. The Balaban J connectivity index is 4.77. The second-order valence-corrected chi connectivity index (χ2v) is 3.12. The maximum absolute atomic E-state index is 11.7. The van der Waals surface area contributed by atoms with Crippen LogP contribution in [-0.2, 0) is 14.3 Å². The molecule has 16 heavy (non-hydrogen) atoms. The molecule has 0 unspecified atom stereocenters. The predicted octanol–water partition coefficient (Wildman–Crippen LogP) is 2.64. The smallest absolute Gasteiger partial charge is 0.336 e. The van der Waals surface area contributed by atoms with E-state index in [-0.39, 0.29) is 12.6 Å². The van der Waals surface area contributed by atoms with Gasteiger partial charge in [0.2, 0.25) is 0 Å². The molecular weight excluding hydrogens is 204 g/mol. The molecule has 0 aromatic carbocycles. The molecule has 0 saturated heterocycles. The zero-order chi connectivity index (χ0) is 12.4. The summed E-state index contributed by atoms with van der Waals surface area (Å²) in [7, 11) is 0. The fourth-order valence-electron chi connectivity index (χ4n) is 1.08. The third-order valence-corrected chi connectivity index (χ3v) is 1.92. The minimum Gasteiger partial charge on any atom is -0.462 e. The number of hydrogen-bond donors (Lipinski definition) is 0. The molecule has 0 saturated carbocycles. The molecule has 0 N–H and O–H groups in total. The highest BCUT2D eigenvalue weighted by Gasteiger charge is 2.13. The molecule has 3 nitrogen and oxygen atoms in total. The van der Waals surface area contributed by atoms with Crippen molar-refractivity contribution in [2.45, 2.75) is 20.3 Å². The molecule has 0 amide bonds. The Morgan fingerprint density at radius 1 is 1.25 bits per heavy atom. The largest absolute Gasteiger partial charge is 0.462 e. The van der Waals surface area contributed by atoms with Gasteiger partial charge >= 0.3 is 5.97 Å². The highest BCUT2D eigenvalue weighted by molar-refractivity contribution is 5.90. The lowest BCUT2D eigenvalue weighted by Gasteiger charge is -2.10. The number of esters is 1. The Morgan fingerprint density at radius 2 is 1.88 bits per heavy atom. The molecule has 0 aliphatic heterocycles. The molecule has 90 valence electrons. The summed E-state index contributed by atoms with van der Waals surface area (Å²) in [5, 5.41) is 0. The van der Waals surface area contributed by atoms with Crippen molar-refractivity contribution in [1.29, 1.82) is 0 Å². The molecule has 0 fully saturated rings. The van der Waals surface area contributed by atoms with Crippen LogP contribution in [0, 0.1) is 0 Å². The van der Waals surface area contributed by atoms with Gasteiger partial charge in [-0.05, 0) is 18.9 Å². The van der Waals surface area contributed by atoms with Gasteiger partial charge in [0.1, 0.15) is 0 Å². The van der Waals surface area contributed by atoms with Crippen molar-refractivity contribution in [3.63, 3.8) is 0 Å². The Bertz CT molecular complexity index is 267. The van der Waals surface area contributed by atoms with Gasteiger partial charge < -0.3 is 9.47 Å². The van der Waals surface area contributed by atoms with Crippen molar-refractivity contribution in [3.8, 4) is 0 Å². The zero-order valence-corrected chi connectivity index (χ0v) is 10.1. The summed E-state index contributed by atoms with van der Waals surface area (Å²) in [5.41, 5.74) is 1.13. The van der Waals surface area contributed by atoms with Crippen LogP contribution >= 0.6 is 0 Å². The van der Waals surface area contributed by atoms with Gasteiger partial charge in [0.15, 0.2) is 0 Å². The van der Waals surface area contributed by atoms with Gasteiger partial charge in [-0.2, -0.15) is 0 Å². The molecule has 0 radical (unpaired) electrons. The van der Waals surface area contributed by atoms with E-state index in [0.29, 0.717) is 24.4 Å². The minimum atomic E-state index is -0.356. The van der Waals surface area contributed by atoms with Crippen LogP contribution in [-0.4, -0.2) is 25.8 Å². The summed E-state index contributed by atoms with van der Waals surface area (Å²) in [4.78, 5) is 11.7. The summed E-state index contributed by atoms with van der Waals surface area (Å²) < 4.78 is 10.3. The highest BCUT2D eigenvalue weighted by atomic mass is 16.5. The van der Waals surface area contributed by atoms with E-state index in [9.17, 15) is 4.79 Å². The van der Waals surface area contributed by atoms with Crippen molar-refractivity contribution in [1.82, 2.24) is 0 Å². The zero-order valence-electron chi connectivity index (χ0n) is 10.1. The number of hydrogen-bond acceptors (Lipinski definition) is 3. The number of allylic oxidation sites excluding steroid dienone is 3. The first kappa shape index (κ1) is 14.6. The molecule has 0 aliphatic rings. The van der Waals surface area contributed by atoms with Crippen LogP contribution in [0.25, 0.3) is 0 Å². The van der Waals surface area contributed by atoms with Crippen molar-refractivity contribution in [2.75, 3.05) is 19.8 Å². The first-order valence-corrected chi connectivity index (χ1v) is 5.44. The van der Waals surface area contributed by atoms with E-state index in [4.69, 9.17) is 9.47 Å². The Morgan fingerprint density at radius 3 is 2.31 bits per heavy atom. The van der Waals surface area contributed by atoms with E-state index >= 15 is 0 Å². The van der Waals surface area contributed by atoms with Crippen LogP contribution < -0.4 is 0 Å². The van der Waals surface area contributed by atoms with Crippen molar-refractivity contribution in [3.05, 3.63) is 36.5 Å². The summed E-state index contributed by atoms with van der Waals surface area (Å²) in [6, 6.07) is 0. The van der Waals surface area contributed by atoms with E-state index < -0.39 is 0 Å². The molecule has 0 atom stereocenters. The van der Waals surface area contributed by atoms with Crippen molar-refractivity contribution in [2.24, 2.45) is 0 Å². The normalized spacial score (nSPS) is 9.38. The lowest BCUT2D eigenvalue weighted by atomic mass is 10.1. The maximum Gasteiger partial charge on any atom is 0.336 e. The lowest BCUT2D eigenvalue weighted by molar-refractivity contribution is -0.139. The summed E-state index contributed by atoms with van der Waals surface area (Å²) in [6.07, 6.45) is 3.95. The molecule has 3 heteroatoms. The highest BCUT2D eigenvalue weighted by Crippen LogP contribution is 2.10. The lowest BCUT2D eigenvalue weighted by Crippen LogP contribution is -2.15. The fourth-order valence-corrected chi connectivity index (χ4v) is 1.08. The van der Waals surface area contributed by atoms with E-state index in [1.807, 2.05) is 13.8 Å². The molecule has 0 aromatic rings. The first-order valence-electron chi connectivity index (χ1n) is 5.44. The SMILES string of the molecule is C=CC(C=C)=C(COCC)C(=O)OCCC. The second-order valence-electron chi connectivity index (χ2n) is 3.12. The van der Waals surface area contributed by atoms with E-state index in [1.165, 1.54) is 0 Å². The van der Waals surface area contributed by atoms with E-state index in [0.717, 1.165) is 6.42 Å². The molecule has 0 aliphatic carbocycles. The monoisotopic (exact) mass is 224 g/mol. The Kier molecular flexibility index (Phi) is 8.17. The quantitative estimate of drug-likeness (QED) is 0.361. The standard InChI is InChI=1S/C13H20O3/c1-5-9-16-13(14)12(10-15-8-4)11(6-2)7-3/h6-7H,2-3,5,8-10H2,1,4H3. The topological polar surface area (TPSA) is 35.5 Å². The van der Waals surface area contributed by atoms with E-state index in [2.05, 4.69) is 13.2 Å². The summed E-state index contributed by atoms with van der Waals surface area (Å²) in [5.74, 6) is -0.356. The van der Waals surface area contributed by atoms with Crippen molar-refractivity contribution >= 4 is 5.97 Å². The maximum atomic E-state index is 11.7. The van der Waals surface area contributed by atoms with Crippen LogP contribution in [0.2, 0.25) is 0 Å². The van der Waals surface area contributed by atoms with Gasteiger partial charge in [-0.3, -0.25) is 0 Å². The first-order chi connectivity index (χ1) is 7.71. The molecule has 0 heterocycles. The number of rotatable bonds is 8. The summed E-state index contributed by atoms with van der Waals surface area (Å²) >= 11 is 0. The molecule has 0 aromatic heterocycles. The predicted molar refractivity (Wildman–Crippen MR) is 65.2 cm³/mol. The number of carbonyl (C=O) groups excluding carboxylic acids is 1. The van der Waals surface area contributed by atoms with Crippen LogP contribution in [0.4, 0.5) is 0 Å². The molecular formula is C13H20O3. The molecule has 0 spiro atoms. The van der Waals surface area contributed by atoms with Crippen LogP contribution in [0.1, 0.15) is 20.3 Å². The van der Waals surface area contributed by atoms with E-state index in [1.54, 1.807) is 12.2 Å². The van der Waals surface area contributed by atoms with Gasteiger partial charge in [-0.1, -0.05) is 32.2 Å². The fraction of sp³-hybridized carbons (Fsp3) is 0.462. The van der Waals surface area contributed by atoms with Gasteiger partial charge in [0.25, 0.3) is 0 Å². The van der Waals surface area contributed by atoms with Gasteiger partial charge in [0, 0.05) is 6.61 Å². The Hall–Kier alpha value is -1.35. The minimum absolute atomic E-state index is 0.229. The number of ether oxygens (including phenoxy) is 2. The average molecular weight is 224 g/mol. The average Bonchev–Trinajstić information content (AvgIpc) is 2.31. The van der Waals surface area contributed by atoms with Crippen LogP contribution in [0.5, 0.6) is 0 Å².